The van der Waals surface area contributed by atoms with Gasteiger partial charge in [-0.25, -0.2) is 0 Å². The number of hydrogen-bond acceptors (Lipinski definition) is 4. The Morgan fingerprint density at radius 3 is 2.64 bits per heavy atom. The second kappa shape index (κ2) is 5.72. The number of ether oxygens (including phenoxy) is 1. The van der Waals surface area contributed by atoms with E-state index in [9.17, 15) is 9.59 Å². The van der Waals surface area contributed by atoms with Crippen LogP contribution in [-0.4, -0.2) is 23.3 Å². The lowest BCUT2D eigenvalue weighted by atomic mass is 9.78. The number of ketones is 1. The molecule has 2 aromatic rings. The summed E-state index contributed by atoms with van der Waals surface area (Å²) in [5, 5.41) is 0. The molecule has 4 heteroatoms. The number of pyridine rings is 1. The Kier molecular flexibility index (Phi) is 3.75. The summed E-state index contributed by atoms with van der Waals surface area (Å²) in [7, 11) is 0. The summed E-state index contributed by atoms with van der Waals surface area (Å²) in [5.74, 6) is -0.577. The highest BCUT2D eigenvalue weighted by molar-refractivity contribution is 6.16. The maximum atomic E-state index is 12.9. The highest BCUT2D eigenvalue weighted by Crippen LogP contribution is 2.40. The monoisotopic (exact) mass is 295 g/mol. The number of hydrogen-bond donors (Lipinski definition) is 0. The number of carbonyl (C=O) groups excluding carboxylic acids is 2. The van der Waals surface area contributed by atoms with Gasteiger partial charge in [-0.05, 0) is 43.0 Å². The lowest BCUT2D eigenvalue weighted by molar-refractivity contribution is -0.152. The van der Waals surface area contributed by atoms with E-state index in [1.807, 2.05) is 30.3 Å². The van der Waals surface area contributed by atoms with E-state index in [0.29, 0.717) is 18.4 Å². The van der Waals surface area contributed by atoms with E-state index in [4.69, 9.17) is 4.74 Å². The zero-order valence-electron chi connectivity index (χ0n) is 12.4. The number of esters is 1. The second-order valence-electron chi connectivity index (χ2n) is 5.50. The second-order valence-corrected chi connectivity index (χ2v) is 5.50. The van der Waals surface area contributed by atoms with E-state index in [2.05, 4.69) is 4.98 Å². The van der Waals surface area contributed by atoms with Gasteiger partial charge in [0.15, 0.2) is 5.78 Å². The molecule has 0 radical (unpaired) electrons. The summed E-state index contributed by atoms with van der Waals surface area (Å²) in [6.45, 7) is 2.02. The first-order valence-corrected chi connectivity index (χ1v) is 7.36. The van der Waals surface area contributed by atoms with Crippen molar-refractivity contribution in [3.8, 4) is 0 Å². The normalized spacial score (nSPS) is 19.8. The molecule has 0 amide bonds. The molecule has 1 aromatic carbocycles. The molecular formula is C18H17NO3. The third-order valence-electron chi connectivity index (χ3n) is 4.11. The number of Topliss-reactive ketones (excluding diaryl/α,β-unsaturated/α-hetero) is 1. The molecule has 1 aromatic heterocycles. The first-order valence-electron chi connectivity index (χ1n) is 7.36. The van der Waals surface area contributed by atoms with Crippen LogP contribution in [0.15, 0.2) is 48.8 Å². The minimum Gasteiger partial charge on any atom is -0.465 e. The van der Waals surface area contributed by atoms with Crippen molar-refractivity contribution in [2.75, 3.05) is 6.61 Å². The van der Waals surface area contributed by atoms with Crippen molar-refractivity contribution in [1.29, 1.82) is 0 Å². The van der Waals surface area contributed by atoms with Crippen LogP contribution in [0.2, 0.25) is 0 Å². The predicted molar refractivity (Wildman–Crippen MR) is 81.5 cm³/mol. The van der Waals surface area contributed by atoms with Crippen LogP contribution in [-0.2, 0) is 22.4 Å². The summed E-state index contributed by atoms with van der Waals surface area (Å²) >= 11 is 0. The zero-order chi connectivity index (χ0) is 15.6. The van der Waals surface area contributed by atoms with Crippen LogP contribution in [0.5, 0.6) is 0 Å². The predicted octanol–water partition coefficient (Wildman–Crippen LogP) is 2.61. The molecule has 0 spiro atoms. The van der Waals surface area contributed by atoms with Gasteiger partial charge in [0.2, 0.25) is 0 Å². The maximum Gasteiger partial charge on any atom is 0.320 e. The number of nitrogens with zero attached hydrogens (tertiary/aromatic N) is 1. The third kappa shape index (κ3) is 2.30. The molecule has 3 rings (SSSR count). The summed E-state index contributed by atoms with van der Waals surface area (Å²) in [6, 6.07) is 11.1. The number of rotatable bonds is 4. The van der Waals surface area contributed by atoms with E-state index in [1.54, 1.807) is 25.4 Å². The van der Waals surface area contributed by atoms with Crippen LogP contribution in [0.4, 0.5) is 0 Å². The van der Waals surface area contributed by atoms with Gasteiger partial charge in [0.1, 0.15) is 5.41 Å². The highest BCUT2D eigenvalue weighted by Gasteiger charge is 2.52. The van der Waals surface area contributed by atoms with Gasteiger partial charge in [-0.1, -0.05) is 24.3 Å². The number of benzene rings is 1. The third-order valence-corrected chi connectivity index (χ3v) is 4.11. The first kappa shape index (κ1) is 14.4. The molecule has 0 aliphatic heterocycles. The van der Waals surface area contributed by atoms with E-state index >= 15 is 0 Å². The SMILES string of the molecule is CCOC(=O)C1(Cc2ccncc2)Cc2ccccc2C1=O. The Morgan fingerprint density at radius 2 is 1.95 bits per heavy atom. The molecule has 0 N–H and O–H groups in total. The molecule has 22 heavy (non-hydrogen) atoms. The fourth-order valence-corrected chi connectivity index (χ4v) is 3.06. The molecule has 4 nitrogen and oxygen atoms in total. The fraction of sp³-hybridized carbons (Fsp3) is 0.278. The molecule has 1 aliphatic rings. The van der Waals surface area contributed by atoms with Crippen molar-refractivity contribution in [2.24, 2.45) is 5.41 Å². The lowest BCUT2D eigenvalue weighted by Gasteiger charge is -2.25. The molecule has 1 heterocycles. The van der Waals surface area contributed by atoms with E-state index < -0.39 is 11.4 Å². The zero-order valence-corrected chi connectivity index (χ0v) is 12.4. The number of carbonyl (C=O) groups is 2. The smallest absolute Gasteiger partial charge is 0.320 e. The molecule has 0 saturated carbocycles. The summed E-state index contributed by atoms with van der Waals surface area (Å²) in [5.41, 5.74) is 1.30. The largest absolute Gasteiger partial charge is 0.465 e. The van der Waals surface area contributed by atoms with Crippen molar-refractivity contribution in [3.05, 3.63) is 65.5 Å². The quantitative estimate of drug-likeness (QED) is 0.642. The van der Waals surface area contributed by atoms with Gasteiger partial charge >= 0.3 is 5.97 Å². The Hall–Kier alpha value is -2.49. The lowest BCUT2D eigenvalue weighted by Crippen LogP contribution is -2.40. The van der Waals surface area contributed by atoms with Crippen molar-refractivity contribution < 1.29 is 14.3 Å². The Balaban J connectivity index is 2.03. The van der Waals surface area contributed by atoms with Gasteiger partial charge < -0.3 is 4.74 Å². The van der Waals surface area contributed by atoms with Crippen molar-refractivity contribution in [3.63, 3.8) is 0 Å². The molecule has 112 valence electrons. The highest BCUT2D eigenvalue weighted by atomic mass is 16.5. The van der Waals surface area contributed by atoms with Crippen molar-refractivity contribution in [2.45, 2.75) is 19.8 Å². The van der Waals surface area contributed by atoms with Crippen LogP contribution in [0.1, 0.15) is 28.4 Å². The molecule has 1 aliphatic carbocycles. The van der Waals surface area contributed by atoms with Gasteiger partial charge in [-0.3, -0.25) is 14.6 Å². The van der Waals surface area contributed by atoms with Gasteiger partial charge in [-0.2, -0.15) is 0 Å². The first-order chi connectivity index (χ1) is 10.7. The summed E-state index contributed by atoms with van der Waals surface area (Å²) < 4.78 is 5.23. The number of fused-ring (bicyclic) bond motifs is 1. The topological polar surface area (TPSA) is 56.3 Å². The van der Waals surface area contributed by atoms with Gasteiger partial charge in [0, 0.05) is 18.0 Å². The molecule has 0 fully saturated rings. The van der Waals surface area contributed by atoms with Crippen molar-refractivity contribution in [1.82, 2.24) is 4.98 Å². The molecule has 0 saturated heterocycles. The van der Waals surface area contributed by atoms with Gasteiger partial charge in [0.05, 0.1) is 6.61 Å². The van der Waals surface area contributed by atoms with Gasteiger partial charge in [0.25, 0.3) is 0 Å². The Labute approximate surface area is 129 Å². The van der Waals surface area contributed by atoms with E-state index in [0.717, 1.165) is 11.1 Å². The molecule has 0 bridgehead atoms. The van der Waals surface area contributed by atoms with E-state index in [-0.39, 0.29) is 12.4 Å². The minimum atomic E-state index is -1.15. The van der Waals surface area contributed by atoms with Crippen LogP contribution in [0, 0.1) is 5.41 Å². The molecule has 1 unspecified atom stereocenters. The van der Waals surface area contributed by atoms with Crippen LogP contribution in [0.25, 0.3) is 0 Å². The summed E-state index contributed by atoms with van der Waals surface area (Å²) in [4.78, 5) is 29.5. The standard InChI is InChI=1S/C18H17NO3/c1-2-22-17(21)18(11-13-7-9-19-10-8-13)12-14-5-3-4-6-15(14)16(18)20/h3-10H,2,11-12H2,1H3. The Morgan fingerprint density at radius 1 is 1.23 bits per heavy atom. The minimum absolute atomic E-state index is 0.140. The maximum absolute atomic E-state index is 12.9. The summed E-state index contributed by atoms with van der Waals surface area (Å²) in [6.07, 6.45) is 4.06. The van der Waals surface area contributed by atoms with Crippen molar-refractivity contribution >= 4 is 11.8 Å². The van der Waals surface area contributed by atoms with E-state index in [1.165, 1.54) is 0 Å². The van der Waals surface area contributed by atoms with Crippen LogP contribution in [0.3, 0.4) is 0 Å². The Bertz CT molecular complexity index is 711. The van der Waals surface area contributed by atoms with Crippen LogP contribution >= 0.6 is 0 Å². The number of aromatic nitrogens is 1. The van der Waals surface area contributed by atoms with Crippen LogP contribution < -0.4 is 0 Å². The molecule has 1 atom stereocenters. The molecular weight excluding hydrogens is 278 g/mol. The fourth-order valence-electron chi connectivity index (χ4n) is 3.06. The average molecular weight is 295 g/mol. The average Bonchev–Trinajstić information content (AvgIpc) is 2.83. The van der Waals surface area contributed by atoms with Gasteiger partial charge in [-0.15, -0.1) is 0 Å².